The van der Waals surface area contributed by atoms with Crippen LogP contribution in [0, 0.1) is 0 Å². The molecule has 0 amide bonds. The van der Waals surface area contributed by atoms with Crippen LogP contribution in [-0.4, -0.2) is 21.9 Å². The topological polar surface area (TPSA) is 39.9 Å². The number of nitrogens with zero attached hydrogens (tertiary/aromatic N) is 3. The zero-order chi connectivity index (χ0) is 15.6. The van der Waals surface area contributed by atoms with Crippen molar-refractivity contribution < 1.29 is 4.74 Å². The molecule has 0 aliphatic carbocycles. The van der Waals surface area contributed by atoms with Crippen molar-refractivity contribution in [2.24, 2.45) is 0 Å². The second kappa shape index (κ2) is 5.85. The fourth-order valence-corrected chi connectivity index (χ4v) is 3.44. The largest absolute Gasteiger partial charge is 0.497 e. The van der Waals surface area contributed by atoms with Crippen LogP contribution >= 0.6 is 11.3 Å². The van der Waals surface area contributed by atoms with Crippen LogP contribution in [0.1, 0.15) is 5.01 Å². The van der Waals surface area contributed by atoms with Gasteiger partial charge in [0.15, 0.2) is 0 Å². The van der Waals surface area contributed by atoms with Crippen LogP contribution in [0.4, 0.5) is 0 Å². The molecule has 0 unspecified atom stereocenters. The molecule has 0 N–H and O–H groups in total. The average molecular weight is 321 g/mol. The van der Waals surface area contributed by atoms with Crippen LogP contribution in [-0.2, 0) is 6.54 Å². The minimum absolute atomic E-state index is 0.737. The molecule has 0 bridgehead atoms. The molecule has 0 aliphatic rings. The van der Waals surface area contributed by atoms with Crippen molar-refractivity contribution in [3.8, 4) is 16.3 Å². The number of hydrogen-bond donors (Lipinski definition) is 0. The lowest BCUT2D eigenvalue weighted by atomic mass is 10.2. The summed E-state index contributed by atoms with van der Waals surface area (Å²) >= 11 is 1.62. The van der Waals surface area contributed by atoms with Crippen molar-refractivity contribution in [1.29, 1.82) is 0 Å². The molecular formula is C18H15N3OS. The third-order valence-electron chi connectivity index (χ3n) is 3.79. The highest BCUT2D eigenvalue weighted by molar-refractivity contribution is 7.14. The minimum atomic E-state index is 0.737. The molecule has 0 atom stereocenters. The second-order valence-electron chi connectivity index (χ2n) is 5.23. The van der Waals surface area contributed by atoms with Gasteiger partial charge in [-0.2, -0.15) is 0 Å². The summed E-state index contributed by atoms with van der Waals surface area (Å²) in [6, 6.07) is 18.4. The summed E-state index contributed by atoms with van der Waals surface area (Å²) in [7, 11) is 1.67. The molecule has 4 rings (SSSR count). The van der Waals surface area contributed by atoms with E-state index in [0.717, 1.165) is 27.9 Å². The van der Waals surface area contributed by atoms with Gasteiger partial charge in [0.05, 0.1) is 13.7 Å². The van der Waals surface area contributed by atoms with Crippen LogP contribution in [0.5, 0.6) is 5.75 Å². The van der Waals surface area contributed by atoms with E-state index in [1.54, 1.807) is 18.4 Å². The van der Waals surface area contributed by atoms with Crippen molar-refractivity contribution in [3.63, 3.8) is 0 Å². The molecule has 4 aromatic rings. The Bertz CT molecular complexity index is 940. The van der Waals surface area contributed by atoms with Crippen molar-refractivity contribution in [3.05, 3.63) is 65.8 Å². The summed E-state index contributed by atoms with van der Waals surface area (Å²) in [6.45, 7) is 0.737. The predicted octanol–water partition coefficient (Wildman–Crippen LogP) is 4.22. The molecule has 0 fully saturated rings. The van der Waals surface area contributed by atoms with Gasteiger partial charge in [0.1, 0.15) is 15.8 Å². The fraction of sp³-hybridized carbons (Fsp3) is 0.111. The summed E-state index contributed by atoms with van der Waals surface area (Å²) in [5, 5.41) is 11.8. The summed E-state index contributed by atoms with van der Waals surface area (Å²) in [5.41, 5.74) is 2.28. The standard InChI is InChI=1S/C18H15N3OS/c1-22-15-8-6-14(7-9-15)18-20-19-17(23-18)12-21-11-10-13-4-2-3-5-16(13)21/h2-11H,12H2,1H3. The van der Waals surface area contributed by atoms with Crippen molar-refractivity contribution in [2.45, 2.75) is 6.54 Å². The third kappa shape index (κ3) is 2.71. The molecule has 2 aromatic carbocycles. The Morgan fingerprint density at radius 2 is 1.83 bits per heavy atom. The number of benzene rings is 2. The SMILES string of the molecule is COc1ccc(-c2nnc(Cn3ccc4ccccc43)s2)cc1. The number of ether oxygens (including phenoxy) is 1. The Kier molecular flexibility index (Phi) is 3.55. The maximum Gasteiger partial charge on any atom is 0.147 e. The summed E-state index contributed by atoms with van der Waals surface area (Å²) in [5.74, 6) is 0.845. The van der Waals surface area contributed by atoms with E-state index >= 15 is 0 Å². The van der Waals surface area contributed by atoms with Gasteiger partial charge in [-0.3, -0.25) is 0 Å². The van der Waals surface area contributed by atoms with Gasteiger partial charge in [-0.25, -0.2) is 0 Å². The van der Waals surface area contributed by atoms with Crippen molar-refractivity contribution in [1.82, 2.24) is 14.8 Å². The maximum absolute atomic E-state index is 5.19. The van der Waals surface area contributed by atoms with E-state index in [2.05, 4.69) is 51.3 Å². The van der Waals surface area contributed by atoms with E-state index in [1.807, 2.05) is 24.3 Å². The molecular weight excluding hydrogens is 306 g/mol. The van der Waals surface area contributed by atoms with Gasteiger partial charge in [0.2, 0.25) is 0 Å². The van der Waals surface area contributed by atoms with Crippen LogP contribution in [0.15, 0.2) is 60.8 Å². The quantitative estimate of drug-likeness (QED) is 0.565. The highest BCUT2D eigenvalue weighted by Gasteiger charge is 2.09. The normalized spacial score (nSPS) is 11.0. The van der Waals surface area contributed by atoms with Gasteiger partial charge in [-0.05, 0) is 41.8 Å². The van der Waals surface area contributed by atoms with Gasteiger partial charge in [0.25, 0.3) is 0 Å². The molecule has 0 aliphatic heterocycles. The van der Waals surface area contributed by atoms with Crippen LogP contribution in [0.2, 0.25) is 0 Å². The zero-order valence-corrected chi connectivity index (χ0v) is 13.5. The van der Waals surface area contributed by atoms with Crippen LogP contribution in [0.3, 0.4) is 0 Å². The van der Waals surface area contributed by atoms with E-state index < -0.39 is 0 Å². The Labute approximate surface area is 138 Å². The van der Waals surface area contributed by atoms with E-state index in [4.69, 9.17) is 4.74 Å². The Balaban J connectivity index is 1.60. The average Bonchev–Trinajstić information content (AvgIpc) is 3.23. The molecule has 2 heterocycles. The van der Waals surface area contributed by atoms with Crippen LogP contribution in [0.25, 0.3) is 21.5 Å². The molecule has 2 aromatic heterocycles. The fourth-order valence-electron chi connectivity index (χ4n) is 2.59. The molecule has 23 heavy (non-hydrogen) atoms. The molecule has 114 valence electrons. The molecule has 0 radical (unpaired) electrons. The van der Waals surface area contributed by atoms with Gasteiger partial charge in [-0.1, -0.05) is 29.5 Å². The number of hydrogen-bond acceptors (Lipinski definition) is 4. The van der Waals surface area contributed by atoms with E-state index in [9.17, 15) is 0 Å². The van der Waals surface area contributed by atoms with Crippen molar-refractivity contribution in [2.75, 3.05) is 7.11 Å². The zero-order valence-electron chi connectivity index (χ0n) is 12.6. The first-order valence-electron chi connectivity index (χ1n) is 7.34. The molecule has 4 nitrogen and oxygen atoms in total. The predicted molar refractivity (Wildman–Crippen MR) is 92.9 cm³/mol. The second-order valence-corrected chi connectivity index (χ2v) is 6.29. The Hall–Kier alpha value is -2.66. The summed E-state index contributed by atoms with van der Waals surface area (Å²) < 4.78 is 7.39. The Morgan fingerprint density at radius 1 is 1.00 bits per heavy atom. The highest BCUT2D eigenvalue weighted by Crippen LogP contribution is 2.26. The molecule has 0 saturated heterocycles. The number of rotatable bonds is 4. The van der Waals surface area contributed by atoms with Gasteiger partial charge in [-0.15, -0.1) is 10.2 Å². The summed E-state index contributed by atoms with van der Waals surface area (Å²) in [6.07, 6.45) is 2.10. The van der Waals surface area contributed by atoms with Gasteiger partial charge >= 0.3 is 0 Å². The lowest BCUT2D eigenvalue weighted by Crippen LogP contribution is -1.96. The van der Waals surface area contributed by atoms with Crippen molar-refractivity contribution >= 4 is 22.2 Å². The Morgan fingerprint density at radius 3 is 2.65 bits per heavy atom. The first-order chi connectivity index (χ1) is 11.3. The van der Waals surface area contributed by atoms with Crippen LogP contribution < -0.4 is 4.74 Å². The number of aromatic nitrogens is 3. The van der Waals surface area contributed by atoms with Gasteiger partial charge < -0.3 is 9.30 Å². The summed E-state index contributed by atoms with van der Waals surface area (Å²) in [4.78, 5) is 0. The highest BCUT2D eigenvalue weighted by atomic mass is 32.1. The number of para-hydroxylation sites is 1. The molecule has 5 heteroatoms. The minimum Gasteiger partial charge on any atom is -0.497 e. The molecule has 0 spiro atoms. The molecule has 0 saturated carbocycles. The maximum atomic E-state index is 5.19. The lowest BCUT2D eigenvalue weighted by molar-refractivity contribution is 0.415. The smallest absolute Gasteiger partial charge is 0.147 e. The first-order valence-corrected chi connectivity index (χ1v) is 8.16. The number of fused-ring (bicyclic) bond motifs is 1. The monoisotopic (exact) mass is 321 g/mol. The first kappa shape index (κ1) is 14.0. The van der Waals surface area contributed by atoms with E-state index in [-0.39, 0.29) is 0 Å². The van der Waals surface area contributed by atoms with Gasteiger partial charge in [0, 0.05) is 17.3 Å². The van der Waals surface area contributed by atoms with E-state index in [1.165, 1.54) is 10.9 Å². The third-order valence-corrected chi connectivity index (χ3v) is 4.75. The lowest BCUT2D eigenvalue weighted by Gasteiger charge is -2.01. The van der Waals surface area contributed by atoms with E-state index in [0.29, 0.717) is 0 Å². The number of methoxy groups -OCH3 is 1.